The Kier molecular flexibility index (Phi) is 5.32. The molecule has 0 unspecified atom stereocenters. The van der Waals surface area contributed by atoms with Gasteiger partial charge in [-0.15, -0.1) is 23.2 Å². The minimum Gasteiger partial charge on any atom is -0.255 e. The van der Waals surface area contributed by atoms with Crippen LogP contribution in [0.2, 0.25) is 0 Å². The maximum Gasteiger partial charge on any atom is 0.361 e. The van der Waals surface area contributed by atoms with Crippen molar-refractivity contribution in [2.75, 3.05) is 11.8 Å². The monoisotopic (exact) mass is 242 g/mol. The largest absolute Gasteiger partial charge is 0.361 e. The average molecular weight is 243 g/mol. The molecule has 0 aliphatic carbocycles. The van der Waals surface area contributed by atoms with Crippen molar-refractivity contribution in [3.8, 4) is 0 Å². The van der Waals surface area contributed by atoms with E-state index in [0.717, 1.165) is 0 Å². The summed E-state index contributed by atoms with van der Waals surface area (Å²) in [5.74, 6) is -0.909. The predicted molar refractivity (Wildman–Crippen MR) is 41.7 cm³/mol. The van der Waals surface area contributed by atoms with Crippen LogP contribution in [0.25, 0.3) is 0 Å². The third kappa shape index (κ3) is 6.35. The molecular weight excluding hydrogens is 235 g/mol. The summed E-state index contributed by atoms with van der Waals surface area (Å²) in [7, 11) is 0. The summed E-state index contributed by atoms with van der Waals surface area (Å²) in [4.78, 5) is 0. The quantitative estimate of drug-likeness (QED) is 0.512. The van der Waals surface area contributed by atoms with Crippen molar-refractivity contribution in [2.24, 2.45) is 0 Å². The molecule has 0 fully saturated rings. The normalized spacial score (nSPS) is 13.4. The predicted octanol–water partition coefficient (Wildman–Crippen LogP) is 3.45. The van der Waals surface area contributed by atoms with Gasteiger partial charge < -0.3 is 0 Å². The van der Waals surface area contributed by atoms with Gasteiger partial charge >= 0.3 is 12.2 Å². The second-order valence-electron chi connectivity index (χ2n) is 2.25. The first kappa shape index (κ1) is 13.3. The van der Waals surface area contributed by atoms with Crippen LogP contribution in [0.15, 0.2) is 0 Å². The summed E-state index contributed by atoms with van der Waals surface area (Å²) in [6.07, 6.45) is -9.71. The number of hydrogen-bond donors (Lipinski definition) is 0. The van der Waals surface area contributed by atoms with Gasteiger partial charge in [-0.3, -0.25) is 4.74 Å². The molecule has 0 aliphatic heterocycles. The zero-order valence-corrected chi connectivity index (χ0v) is 8.02. The van der Waals surface area contributed by atoms with E-state index in [1.165, 1.54) is 0 Å². The van der Waals surface area contributed by atoms with E-state index in [-0.39, 0.29) is 0 Å². The van der Waals surface area contributed by atoms with Crippen LogP contribution in [-0.2, 0) is 4.74 Å². The lowest BCUT2D eigenvalue weighted by molar-refractivity contribution is -0.375. The zero-order chi connectivity index (χ0) is 10.5. The maximum absolute atomic E-state index is 12.4. The number of rotatable bonds is 6. The highest BCUT2D eigenvalue weighted by Crippen LogP contribution is 2.32. The van der Waals surface area contributed by atoms with Gasteiger partial charge in [-0.2, -0.15) is 17.6 Å². The van der Waals surface area contributed by atoms with Gasteiger partial charge in [0.05, 0.1) is 12.8 Å². The molecule has 0 aliphatic rings. The number of hydrogen-bond acceptors (Lipinski definition) is 1. The Labute approximate surface area is 82.9 Å². The van der Waals surface area contributed by atoms with Crippen LogP contribution in [0.5, 0.6) is 0 Å². The Bertz CT molecular complexity index is 138. The van der Waals surface area contributed by atoms with Gasteiger partial charge in [0.25, 0.3) is 0 Å². The van der Waals surface area contributed by atoms with Crippen LogP contribution < -0.4 is 0 Å². The van der Waals surface area contributed by atoms with Crippen molar-refractivity contribution in [3.63, 3.8) is 0 Å². The molecule has 7 heteroatoms. The van der Waals surface area contributed by atoms with Crippen LogP contribution in [0.1, 0.15) is 12.8 Å². The van der Waals surface area contributed by atoms with Crippen molar-refractivity contribution in [3.05, 3.63) is 0 Å². The van der Waals surface area contributed by atoms with Crippen LogP contribution in [0.3, 0.4) is 0 Å². The molecule has 0 saturated heterocycles. The lowest BCUT2D eigenvalue weighted by atomic mass is 10.4. The molecule has 0 heterocycles. The van der Waals surface area contributed by atoms with Gasteiger partial charge in [-0.25, -0.2) is 0 Å². The summed E-state index contributed by atoms with van der Waals surface area (Å²) < 4.78 is 52.9. The summed E-state index contributed by atoms with van der Waals surface area (Å²) in [6, 6.07) is 0. The summed E-state index contributed by atoms with van der Waals surface area (Å²) >= 11 is 9.92. The smallest absolute Gasteiger partial charge is 0.255 e. The fourth-order valence-corrected chi connectivity index (χ4v) is 0.981. The van der Waals surface area contributed by atoms with E-state index in [2.05, 4.69) is 4.74 Å². The van der Waals surface area contributed by atoms with Gasteiger partial charge in [0.15, 0.2) is 0 Å². The fourth-order valence-electron chi connectivity index (χ4n) is 0.541. The molecule has 0 aromatic carbocycles. The highest BCUT2D eigenvalue weighted by molar-refractivity contribution is 6.18. The molecule has 80 valence electrons. The van der Waals surface area contributed by atoms with Crippen molar-refractivity contribution >= 4 is 23.2 Å². The van der Waals surface area contributed by atoms with Gasteiger partial charge in [-0.1, -0.05) is 0 Å². The Balaban J connectivity index is 4.07. The zero-order valence-electron chi connectivity index (χ0n) is 6.50. The van der Waals surface area contributed by atoms with Crippen LogP contribution >= 0.6 is 23.2 Å². The van der Waals surface area contributed by atoms with E-state index in [9.17, 15) is 17.6 Å². The summed E-state index contributed by atoms with van der Waals surface area (Å²) in [5.41, 5.74) is 0. The molecule has 0 radical (unpaired) electrons. The van der Waals surface area contributed by atoms with E-state index < -0.39 is 36.8 Å². The van der Waals surface area contributed by atoms with E-state index >= 15 is 0 Å². The third-order valence-corrected chi connectivity index (χ3v) is 1.45. The second kappa shape index (κ2) is 5.22. The summed E-state index contributed by atoms with van der Waals surface area (Å²) in [5, 5.41) is 0. The molecule has 13 heavy (non-hydrogen) atoms. The molecule has 0 atom stereocenters. The number of halogens is 6. The molecule has 0 N–H and O–H groups in total. The lowest BCUT2D eigenvalue weighted by Gasteiger charge is -2.22. The molecule has 0 aromatic rings. The first-order valence-electron chi connectivity index (χ1n) is 3.41. The molecule has 0 saturated carbocycles. The standard InChI is InChI=1S/C6H8Cl2F4O/c7-3-1-5(9,10)13-6(11,12)2-4-8/h1-4H2. The Morgan fingerprint density at radius 3 is 1.38 bits per heavy atom. The van der Waals surface area contributed by atoms with Crippen LogP contribution in [0, 0.1) is 0 Å². The maximum atomic E-state index is 12.4. The molecular formula is C6H8Cl2F4O. The first-order chi connectivity index (χ1) is 5.83. The van der Waals surface area contributed by atoms with Gasteiger partial charge in [0.1, 0.15) is 0 Å². The topological polar surface area (TPSA) is 9.23 Å². The van der Waals surface area contributed by atoms with E-state index in [4.69, 9.17) is 23.2 Å². The molecule has 0 rings (SSSR count). The average Bonchev–Trinajstić information content (AvgIpc) is 1.82. The van der Waals surface area contributed by atoms with E-state index in [1.54, 1.807) is 0 Å². The molecule has 0 aromatic heterocycles. The van der Waals surface area contributed by atoms with E-state index in [1.807, 2.05) is 0 Å². The van der Waals surface area contributed by atoms with E-state index in [0.29, 0.717) is 0 Å². The van der Waals surface area contributed by atoms with Crippen molar-refractivity contribution < 1.29 is 22.3 Å². The minimum absolute atomic E-state index is 0.454. The number of ether oxygens (including phenoxy) is 1. The molecule has 0 amide bonds. The molecule has 0 spiro atoms. The highest BCUT2D eigenvalue weighted by atomic mass is 35.5. The van der Waals surface area contributed by atoms with Crippen molar-refractivity contribution in [1.82, 2.24) is 0 Å². The Morgan fingerprint density at radius 1 is 0.846 bits per heavy atom. The van der Waals surface area contributed by atoms with Crippen molar-refractivity contribution in [2.45, 2.75) is 25.1 Å². The second-order valence-corrected chi connectivity index (χ2v) is 3.01. The van der Waals surface area contributed by atoms with Crippen LogP contribution in [0.4, 0.5) is 17.6 Å². The van der Waals surface area contributed by atoms with Gasteiger partial charge in [-0.05, 0) is 0 Å². The lowest BCUT2D eigenvalue weighted by Crippen LogP contribution is -2.33. The molecule has 1 nitrogen and oxygen atoms in total. The van der Waals surface area contributed by atoms with Crippen LogP contribution in [-0.4, -0.2) is 24.0 Å². The number of alkyl halides is 6. The summed E-state index contributed by atoms with van der Waals surface area (Å²) in [6.45, 7) is 0. The first-order valence-corrected chi connectivity index (χ1v) is 4.47. The SMILES string of the molecule is FC(F)(CCCl)OC(F)(F)CCCl. The third-order valence-electron chi connectivity index (χ3n) is 1.07. The minimum atomic E-state index is -3.91. The van der Waals surface area contributed by atoms with Crippen molar-refractivity contribution in [1.29, 1.82) is 0 Å². The fraction of sp³-hybridized carbons (Fsp3) is 1.00. The Hall–Kier alpha value is 0.260. The van der Waals surface area contributed by atoms with Gasteiger partial charge in [0, 0.05) is 11.8 Å². The molecule has 0 bridgehead atoms. The Morgan fingerprint density at radius 2 is 1.15 bits per heavy atom. The highest BCUT2D eigenvalue weighted by Gasteiger charge is 2.42. The van der Waals surface area contributed by atoms with Gasteiger partial charge in [0.2, 0.25) is 0 Å².